The number of carbonyl (C=O) groups is 1. The monoisotopic (exact) mass is 141 g/mol. The second kappa shape index (κ2) is 2.23. The summed E-state index contributed by atoms with van der Waals surface area (Å²) in [7, 11) is 0. The van der Waals surface area contributed by atoms with E-state index in [1.165, 1.54) is 0 Å². The number of ether oxygens (including phenoxy) is 1. The Labute approximate surface area is 59.7 Å². The summed E-state index contributed by atoms with van der Waals surface area (Å²) in [4.78, 5) is 11.0. The first-order valence-electron chi connectivity index (χ1n) is 3.77. The Hall–Kier alpha value is -0.570. The number of hydrogen-bond acceptors (Lipinski definition) is 2. The number of hydrogen-bond donors (Lipinski definition) is 1. The molecular weight excluding hydrogens is 130 g/mol. The van der Waals surface area contributed by atoms with Crippen LogP contribution < -0.4 is 5.32 Å². The van der Waals surface area contributed by atoms with Crippen molar-refractivity contribution in [2.24, 2.45) is 5.92 Å². The molecule has 0 bridgehead atoms. The molecule has 2 saturated heterocycles. The van der Waals surface area contributed by atoms with Crippen LogP contribution in [0.25, 0.3) is 0 Å². The highest BCUT2D eigenvalue weighted by atomic mass is 16.5. The van der Waals surface area contributed by atoms with Gasteiger partial charge in [0.2, 0.25) is 5.91 Å². The number of carbonyl (C=O) groups excluding carboxylic acids is 1. The van der Waals surface area contributed by atoms with Crippen molar-refractivity contribution in [2.75, 3.05) is 13.2 Å². The number of rotatable bonds is 0. The molecule has 2 fully saturated rings. The topological polar surface area (TPSA) is 38.3 Å². The van der Waals surface area contributed by atoms with Gasteiger partial charge in [-0.15, -0.1) is 0 Å². The smallest absolute Gasteiger partial charge is 0.249 e. The molecule has 3 heteroatoms. The second-order valence-corrected chi connectivity index (χ2v) is 2.92. The molecule has 2 aliphatic heterocycles. The van der Waals surface area contributed by atoms with E-state index in [0.29, 0.717) is 5.92 Å². The standard InChI is InChI=1S/C7H11NO2/c9-7-6-5(1-3-8-7)2-4-10-6/h5-6H,1-4H2,(H,8,9)/t5?,6-/m1/s1. The highest BCUT2D eigenvalue weighted by molar-refractivity contribution is 5.82. The van der Waals surface area contributed by atoms with Crippen molar-refractivity contribution in [2.45, 2.75) is 18.9 Å². The van der Waals surface area contributed by atoms with Crippen LogP contribution in [0, 0.1) is 5.92 Å². The average Bonchev–Trinajstić information content (AvgIpc) is 2.36. The molecule has 56 valence electrons. The van der Waals surface area contributed by atoms with Crippen molar-refractivity contribution in [1.82, 2.24) is 5.32 Å². The Morgan fingerprint density at radius 1 is 1.50 bits per heavy atom. The van der Waals surface area contributed by atoms with Crippen LogP contribution in [0.1, 0.15) is 12.8 Å². The van der Waals surface area contributed by atoms with Crippen LogP contribution in [0.15, 0.2) is 0 Å². The zero-order valence-electron chi connectivity index (χ0n) is 5.80. The third-order valence-electron chi connectivity index (χ3n) is 2.29. The molecule has 1 amide bonds. The maximum atomic E-state index is 11.0. The minimum Gasteiger partial charge on any atom is -0.368 e. The Morgan fingerprint density at radius 3 is 3.20 bits per heavy atom. The molecule has 0 aromatic carbocycles. The van der Waals surface area contributed by atoms with Gasteiger partial charge in [-0.3, -0.25) is 4.79 Å². The lowest BCUT2D eigenvalue weighted by Gasteiger charge is -2.23. The molecule has 0 spiro atoms. The quantitative estimate of drug-likeness (QED) is 0.512. The van der Waals surface area contributed by atoms with E-state index in [4.69, 9.17) is 4.74 Å². The third kappa shape index (κ3) is 0.814. The summed E-state index contributed by atoms with van der Waals surface area (Å²) in [6.45, 7) is 1.60. The maximum absolute atomic E-state index is 11.0. The van der Waals surface area contributed by atoms with Gasteiger partial charge in [0, 0.05) is 13.2 Å². The van der Waals surface area contributed by atoms with Gasteiger partial charge in [-0.1, -0.05) is 0 Å². The van der Waals surface area contributed by atoms with E-state index in [1.54, 1.807) is 0 Å². The zero-order valence-corrected chi connectivity index (χ0v) is 5.80. The fourth-order valence-corrected chi connectivity index (χ4v) is 1.70. The lowest BCUT2D eigenvalue weighted by molar-refractivity contribution is -0.133. The zero-order chi connectivity index (χ0) is 6.97. The summed E-state index contributed by atoms with van der Waals surface area (Å²) in [5.74, 6) is 0.600. The summed E-state index contributed by atoms with van der Waals surface area (Å²) in [6, 6.07) is 0. The fourth-order valence-electron chi connectivity index (χ4n) is 1.70. The molecule has 0 aromatic heterocycles. The molecule has 2 aliphatic rings. The highest BCUT2D eigenvalue weighted by Gasteiger charge is 2.36. The molecule has 2 heterocycles. The van der Waals surface area contributed by atoms with Crippen LogP contribution in [-0.2, 0) is 9.53 Å². The summed E-state index contributed by atoms with van der Waals surface area (Å²) in [5.41, 5.74) is 0. The number of nitrogens with one attached hydrogen (secondary N) is 1. The van der Waals surface area contributed by atoms with Crippen LogP contribution >= 0.6 is 0 Å². The highest BCUT2D eigenvalue weighted by Crippen LogP contribution is 2.26. The van der Waals surface area contributed by atoms with Gasteiger partial charge in [0.05, 0.1) is 0 Å². The summed E-state index contributed by atoms with van der Waals surface area (Å²) < 4.78 is 5.26. The molecule has 1 unspecified atom stereocenters. The lowest BCUT2D eigenvalue weighted by Crippen LogP contribution is -2.44. The van der Waals surface area contributed by atoms with E-state index < -0.39 is 0 Å². The second-order valence-electron chi connectivity index (χ2n) is 2.92. The van der Waals surface area contributed by atoms with Crippen LogP contribution in [0.4, 0.5) is 0 Å². The van der Waals surface area contributed by atoms with Crippen LogP contribution in [0.5, 0.6) is 0 Å². The predicted octanol–water partition coefficient (Wildman–Crippen LogP) is -0.0886. The van der Waals surface area contributed by atoms with Gasteiger partial charge < -0.3 is 10.1 Å². The Balaban J connectivity index is 2.10. The molecule has 1 N–H and O–H groups in total. The maximum Gasteiger partial charge on any atom is 0.249 e. The molecule has 0 aliphatic carbocycles. The van der Waals surface area contributed by atoms with Crippen molar-refractivity contribution >= 4 is 5.91 Å². The van der Waals surface area contributed by atoms with E-state index in [-0.39, 0.29) is 12.0 Å². The predicted molar refractivity (Wildman–Crippen MR) is 35.5 cm³/mol. The molecule has 0 saturated carbocycles. The van der Waals surface area contributed by atoms with E-state index in [1.807, 2.05) is 0 Å². The third-order valence-corrected chi connectivity index (χ3v) is 2.29. The molecule has 10 heavy (non-hydrogen) atoms. The van der Waals surface area contributed by atoms with Gasteiger partial charge >= 0.3 is 0 Å². The van der Waals surface area contributed by atoms with Gasteiger partial charge in [0.1, 0.15) is 6.10 Å². The lowest BCUT2D eigenvalue weighted by atomic mass is 9.94. The average molecular weight is 141 g/mol. The van der Waals surface area contributed by atoms with E-state index in [9.17, 15) is 4.79 Å². The molecule has 2 rings (SSSR count). The number of amides is 1. The molecule has 3 nitrogen and oxygen atoms in total. The Kier molecular flexibility index (Phi) is 1.38. The van der Waals surface area contributed by atoms with E-state index in [0.717, 1.165) is 26.0 Å². The van der Waals surface area contributed by atoms with E-state index >= 15 is 0 Å². The summed E-state index contributed by atoms with van der Waals surface area (Å²) >= 11 is 0. The summed E-state index contributed by atoms with van der Waals surface area (Å²) in [5, 5.41) is 2.79. The minimum atomic E-state index is -0.117. The van der Waals surface area contributed by atoms with Crippen molar-refractivity contribution in [3.8, 4) is 0 Å². The van der Waals surface area contributed by atoms with Crippen LogP contribution in [-0.4, -0.2) is 25.2 Å². The largest absolute Gasteiger partial charge is 0.368 e. The fraction of sp³-hybridized carbons (Fsp3) is 0.857. The minimum absolute atomic E-state index is 0.0914. The summed E-state index contributed by atoms with van der Waals surface area (Å²) in [6.07, 6.45) is 2.04. The molecular formula is C7H11NO2. The Morgan fingerprint density at radius 2 is 2.40 bits per heavy atom. The van der Waals surface area contributed by atoms with Crippen molar-refractivity contribution in [1.29, 1.82) is 0 Å². The number of piperidine rings is 1. The van der Waals surface area contributed by atoms with Crippen LogP contribution in [0.3, 0.4) is 0 Å². The van der Waals surface area contributed by atoms with Crippen molar-refractivity contribution < 1.29 is 9.53 Å². The first kappa shape index (κ1) is 6.16. The van der Waals surface area contributed by atoms with Crippen molar-refractivity contribution in [3.05, 3.63) is 0 Å². The first-order chi connectivity index (χ1) is 4.88. The first-order valence-corrected chi connectivity index (χ1v) is 3.77. The van der Waals surface area contributed by atoms with E-state index in [2.05, 4.69) is 5.32 Å². The molecule has 0 radical (unpaired) electrons. The Bertz CT molecular complexity index is 158. The SMILES string of the molecule is O=C1NCCC2CCO[C@@H]12. The number of fused-ring (bicyclic) bond motifs is 1. The van der Waals surface area contributed by atoms with Gasteiger partial charge in [-0.2, -0.15) is 0 Å². The van der Waals surface area contributed by atoms with Gasteiger partial charge in [0.15, 0.2) is 0 Å². The normalized spacial score (nSPS) is 39.0. The van der Waals surface area contributed by atoms with Gasteiger partial charge in [0.25, 0.3) is 0 Å². The van der Waals surface area contributed by atoms with Crippen LogP contribution in [0.2, 0.25) is 0 Å². The van der Waals surface area contributed by atoms with Crippen molar-refractivity contribution in [3.63, 3.8) is 0 Å². The van der Waals surface area contributed by atoms with Gasteiger partial charge in [-0.05, 0) is 18.8 Å². The molecule has 0 aromatic rings. The van der Waals surface area contributed by atoms with Gasteiger partial charge in [-0.25, -0.2) is 0 Å². The molecule has 2 atom stereocenters.